The van der Waals surface area contributed by atoms with E-state index in [4.69, 9.17) is 4.42 Å². The molecule has 0 saturated heterocycles. The molecule has 0 spiro atoms. The van der Waals surface area contributed by atoms with Crippen LogP contribution in [0.3, 0.4) is 0 Å². The van der Waals surface area contributed by atoms with Gasteiger partial charge in [0.2, 0.25) is 0 Å². The van der Waals surface area contributed by atoms with Crippen LogP contribution in [0.15, 0.2) is 223 Å². The number of nitrogens with zero attached hydrogens (tertiary/aromatic N) is 1. The second-order valence-electron chi connectivity index (χ2n) is 15.3. The van der Waals surface area contributed by atoms with Crippen LogP contribution in [0.2, 0.25) is 0 Å². The number of fused-ring (bicyclic) bond motifs is 5. The molecule has 11 aromatic rings. The molecule has 0 N–H and O–H groups in total. The molecule has 0 aliphatic heterocycles. The van der Waals surface area contributed by atoms with E-state index in [1.165, 1.54) is 65.7 Å². The molecule has 1 aromatic heterocycles. The molecule has 278 valence electrons. The van der Waals surface area contributed by atoms with Crippen molar-refractivity contribution in [1.29, 1.82) is 0 Å². The second-order valence-corrected chi connectivity index (χ2v) is 15.3. The highest BCUT2D eigenvalue weighted by Gasteiger charge is 2.17. The van der Waals surface area contributed by atoms with E-state index in [1.54, 1.807) is 0 Å². The minimum Gasteiger partial charge on any atom is -0.456 e. The highest BCUT2D eigenvalue weighted by atomic mass is 16.3. The van der Waals surface area contributed by atoms with Crippen molar-refractivity contribution in [3.8, 4) is 44.7 Å². The van der Waals surface area contributed by atoms with Crippen molar-refractivity contribution in [2.45, 2.75) is 6.92 Å². The summed E-state index contributed by atoms with van der Waals surface area (Å²) in [5.41, 5.74) is 13.6. The maximum atomic E-state index is 6.30. The average molecular weight is 754 g/mol. The highest BCUT2D eigenvalue weighted by Crippen LogP contribution is 2.42. The van der Waals surface area contributed by atoms with E-state index in [9.17, 15) is 0 Å². The van der Waals surface area contributed by atoms with E-state index < -0.39 is 0 Å². The van der Waals surface area contributed by atoms with Crippen molar-refractivity contribution in [3.63, 3.8) is 0 Å². The van der Waals surface area contributed by atoms with Gasteiger partial charge in [0.15, 0.2) is 0 Å². The summed E-state index contributed by atoms with van der Waals surface area (Å²) in [6.45, 7) is 2.14. The van der Waals surface area contributed by atoms with Gasteiger partial charge in [-0.25, -0.2) is 0 Å². The molecule has 2 nitrogen and oxygen atoms in total. The Bertz CT molecular complexity index is 3310. The molecular formula is C57H39NO. The molecule has 0 radical (unpaired) electrons. The van der Waals surface area contributed by atoms with Crippen molar-refractivity contribution in [2.75, 3.05) is 4.90 Å². The molecular weight excluding hydrogens is 715 g/mol. The number of hydrogen-bond donors (Lipinski definition) is 0. The van der Waals surface area contributed by atoms with Gasteiger partial charge in [-0.2, -0.15) is 0 Å². The highest BCUT2D eigenvalue weighted by molar-refractivity contribution is 6.14. The van der Waals surface area contributed by atoms with Gasteiger partial charge in [0, 0.05) is 33.3 Å². The fourth-order valence-corrected chi connectivity index (χ4v) is 8.86. The first kappa shape index (κ1) is 34.6. The zero-order valence-electron chi connectivity index (χ0n) is 32.6. The van der Waals surface area contributed by atoms with Crippen LogP contribution in [0.5, 0.6) is 0 Å². The van der Waals surface area contributed by atoms with Gasteiger partial charge in [-0.05, 0) is 116 Å². The Morgan fingerprint density at radius 1 is 0.339 bits per heavy atom. The Labute approximate surface area is 343 Å². The minimum atomic E-state index is 0.921. The number of furan rings is 1. The maximum absolute atomic E-state index is 6.30. The first-order valence-corrected chi connectivity index (χ1v) is 20.2. The molecule has 0 bridgehead atoms. The predicted octanol–water partition coefficient (Wildman–Crippen LogP) is 16.3. The molecule has 0 fully saturated rings. The van der Waals surface area contributed by atoms with Gasteiger partial charge >= 0.3 is 0 Å². The summed E-state index contributed by atoms with van der Waals surface area (Å²) in [6.07, 6.45) is 0. The van der Waals surface area contributed by atoms with Gasteiger partial charge < -0.3 is 9.32 Å². The molecule has 1 heterocycles. The lowest BCUT2D eigenvalue weighted by atomic mass is 9.93. The lowest BCUT2D eigenvalue weighted by Crippen LogP contribution is -2.10. The first-order chi connectivity index (χ1) is 29.2. The third-order valence-electron chi connectivity index (χ3n) is 11.9. The van der Waals surface area contributed by atoms with Crippen molar-refractivity contribution in [1.82, 2.24) is 0 Å². The van der Waals surface area contributed by atoms with Gasteiger partial charge in [0.05, 0.1) is 5.69 Å². The fourth-order valence-electron chi connectivity index (χ4n) is 8.86. The van der Waals surface area contributed by atoms with Crippen molar-refractivity contribution in [2.24, 2.45) is 0 Å². The summed E-state index contributed by atoms with van der Waals surface area (Å²) in [4.78, 5) is 2.38. The Morgan fingerprint density at radius 3 is 1.56 bits per heavy atom. The summed E-state index contributed by atoms with van der Waals surface area (Å²) in [7, 11) is 0. The van der Waals surface area contributed by atoms with E-state index in [1.807, 2.05) is 12.1 Å². The summed E-state index contributed by atoms with van der Waals surface area (Å²) >= 11 is 0. The summed E-state index contributed by atoms with van der Waals surface area (Å²) in [5.74, 6) is 0.928. The topological polar surface area (TPSA) is 16.4 Å². The number of anilines is 3. The number of benzene rings is 10. The van der Waals surface area contributed by atoms with Crippen LogP contribution in [0.25, 0.3) is 88.0 Å². The monoisotopic (exact) mass is 753 g/mol. The smallest absolute Gasteiger partial charge is 0.138 e. The van der Waals surface area contributed by atoms with Crippen molar-refractivity contribution in [3.05, 3.63) is 224 Å². The lowest BCUT2D eigenvalue weighted by molar-refractivity contribution is 0.629. The van der Waals surface area contributed by atoms with E-state index in [0.717, 1.165) is 44.9 Å². The predicted molar refractivity (Wildman–Crippen MR) is 250 cm³/mol. The Kier molecular flexibility index (Phi) is 8.41. The van der Waals surface area contributed by atoms with Crippen LogP contribution in [-0.4, -0.2) is 0 Å². The number of para-hydroxylation sites is 1. The van der Waals surface area contributed by atoms with E-state index >= 15 is 0 Å². The van der Waals surface area contributed by atoms with Gasteiger partial charge in [-0.3, -0.25) is 0 Å². The molecule has 10 aromatic carbocycles. The standard InChI is InChI=1S/C57H39NO/c1-38-49-17-8-9-23-56(49)59-57(38)46-16-10-15-44(36-46)41-26-24-39(25-27-41)40-28-32-47(33-29-40)58(55-22-11-14-42-12-2-5-19-51(42)55)48-34-30-43(31-35-48)54-37-45-13-3-4-18-50(45)52-20-6-7-21-53(52)54/h2-37H,1H3. The molecule has 0 amide bonds. The second kappa shape index (κ2) is 14.4. The van der Waals surface area contributed by atoms with E-state index in [2.05, 4.69) is 218 Å². The minimum absolute atomic E-state index is 0.921. The Hall–Kier alpha value is -7.68. The zero-order chi connectivity index (χ0) is 39.3. The van der Waals surface area contributed by atoms with Crippen molar-refractivity contribution >= 4 is 60.3 Å². The van der Waals surface area contributed by atoms with Gasteiger partial charge in [-0.1, -0.05) is 170 Å². The Morgan fingerprint density at radius 2 is 0.847 bits per heavy atom. The molecule has 0 saturated carbocycles. The zero-order valence-corrected chi connectivity index (χ0v) is 32.6. The quantitative estimate of drug-likeness (QED) is 0.151. The van der Waals surface area contributed by atoms with Crippen molar-refractivity contribution < 1.29 is 4.42 Å². The number of aryl methyl sites for hydroxylation is 1. The van der Waals surface area contributed by atoms with Crippen LogP contribution >= 0.6 is 0 Å². The number of rotatable bonds is 7. The van der Waals surface area contributed by atoms with Crippen LogP contribution in [0.1, 0.15) is 5.56 Å². The molecule has 11 rings (SSSR count). The third-order valence-corrected chi connectivity index (χ3v) is 11.9. The van der Waals surface area contributed by atoms with E-state index in [-0.39, 0.29) is 0 Å². The number of hydrogen-bond acceptors (Lipinski definition) is 2. The van der Waals surface area contributed by atoms with Gasteiger partial charge in [-0.15, -0.1) is 0 Å². The SMILES string of the molecule is Cc1c(-c2cccc(-c3ccc(-c4ccc(N(c5ccc(-c6cc7ccccc7c7ccccc67)cc5)c5cccc6ccccc56)cc4)cc3)c2)oc2ccccc12. The summed E-state index contributed by atoms with van der Waals surface area (Å²) in [5, 5.41) is 8.65. The molecule has 0 aliphatic rings. The molecule has 0 atom stereocenters. The van der Waals surface area contributed by atoms with E-state index in [0.29, 0.717) is 0 Å². The van der Waals surface area contributed by atoms with Crippen LogP contribution in [0.4, 0.5) is 17.1 Å². The lowest BCUT2D eigenvalue weighted by Gasteiger charge is -2.27. The normalized spacial score (nSPS) is 11.5. The largest absolute Gasteiger partial charge is 0.456 e. The Balaban J connectivity index is 0.931. The van der Waals surface area contributed by atoms with Crippen LogP contribution in [0, 0.1) is 6.92 Å². The average Bonchev–Trinajstić information content (AvgIpc) is 3.65. The molecule has 0 unspecified atom stereocenters. The maximum Gasteiger partial charge on any atom is 0.138 e. The third kappa shape index (κ3) is 6.14. The van der Waals surface area contributed by atoms with Crippen LogP contribution in [-0.2, 0) is 0 Å². The molecule has 2 heteroatoms. The van der Waals surface area contributed by atoms with Gasteiger partial charge in [0.25, 0.3) is 0 Å². The first-order valence-electron chi connectivity index (χ1n) is 20.2. The van der Waals surface area contributed by atoms with Crippen LogP contribution < -0.4 is 4.90 Å². The summed E-state index contributed by atoms with van der Waals surface area (Å²) < 4.78 is 6.30. The van der Waals surface area contributed by atoms with Gasteiger partial charge in [0.1, 0.15) is 11.3 Å². The molecule has 0 aliphatic carbocycles. The summed E-state index contributed by atoms with van der Waals surface area (Å²) in [6, 6.07) is 78.8. The molecule has 59 heavy (non-hydrogen) atoms. The fraction of sp³-hybridized carbons (Fsp3) is 0.0175.